The molecule has 446 valence electrons. The van der Waals surface area contributed by atoms with Crippen LogP contribution >= 0.6 is 0 Å². The highest BCUT2D eigenvalue weighted by molar-refractivity contribution is 4.85. The molecule has 9 heteroatoms. The lowest BCUT2D eigenvalue weighted by Crippen LogP contribution is -2.31. The minimum absolute atomic E-state index is 0. The van der Waals surface area contributed by atoms with Gasteiger partial charge in [-0.3, -0.25) is 0 Å². The fraction of sp³-hybridized carbons (Fsp3) is 1.00. The van der Waals surface area contributed by atoms with Crippen molar-refractivity contribution < 1.29 is 39.9 Å². The lowest BCUT2D eigenvalue weighted by Gasteiger charge is -2.34. The van der Waals surface area contributed by atoms with Crippen LogP contribution in [0.4, 0.5) is 35.1 Å². The number of halogens is 8. The van der Waals surface area contributed by atoms with Crippen LogP contribution in [-0.4, -0.2) is 42.8 Å². The maximum Gasteiger partial charge on any atom is 0.271 e. The van der Waals surface area contributed by atoms with Crippen LogP contribution in [0.3, 0.4) is 0 Å². The Bertz CT molecular complexity index is 1110. The number of ether oxygens (including phenoxy) is 1. The Labute approximate surface area is 448 Å². The number of hydrogen-bond acceptors (Lipinski definition) is 1. The van der Waals surface area contributed by atoms with E-state index < -0.39 is 35.7 Å². The molecular formula is C63H132F8O. The molecule has 72 heavy (non-hydrogen) atoms. The Morgan fingerprint density at radius 2 is 0.472 bits per heavy atom. The molecule has 0 amide bonds. The average molecular weight is 1060 g/mol. The van der Waals surface area contributed by atoms with Gasteiger partial charge >= 0.3 is 0 Å². The molecule has 0 rings (SSSR count). The van der Waals surface area contributed by atoms with Gasteiger partial charge in [0.1, 0.15) is 17.9 Å². The molecule has 0 saturated carbocycles. The smallest absolute Gasteiger partial charge is 0.271 e. The van der Waals surface area contributed by atoms with Crippen molar-refractivity contribution in [1.82, 2.24) is 0 Å². The van der Waals surface area contributed by atoms with Gasteiger partial charge < -0.3 is 4.74 Å². The van der Waals surface area contributed by atoms with Gasteiger partial charge in [-0.2, -0.15) is 0 Å². The molecule has 1 nitrogen and oxygen atoms in total. The van der Waals surface area contributed by atoms with E-state index >= 15 is 0 Å². The van der Waals surface area contributed by atoms with Gasteiger partial charge in [-0.1, -0.05) is 251 Å². The molecule has 0 bridgehead atoms. The predicted molar refractivity (Wildman–Crippen MR) is 308 cm³/mol. The highest BCUT2D eigenvalue weighted by Gasteiger charge is 2.38. The summed E-state index contributed by atoms with van der Waals surface area (Å²) in [6, 6.07) is 0. The number of alkyl halides is 8. The zero-order valence-electron chi connectivity index (χ0n) is 53.0. The summed E-state index contributed by atoms with van der Waals surface area (Å²) in [4.78, 5) is 0. The number of rotatable bonds is 28. The molecule has 0 heterocycles. The number of hydrogen-bond donors (Lipinski definition) is 0. The topological polar surface area (TPSA) is 9.23 Å². The molecule has 2 atom stereocenters. The highest BCUT2D eigenvalue weighted by atomic mass is 19.3. The van der Waals surface area contributed by atoms with Crippen LogP contribution in [0.5, 0.6) is 0 Å². The summed E-state index contributed by atoms with van der Waals surface area (Å²) in [7, 11) is 1.31. The maximum atomic E-state index is 13.7. The molecule has 0 aliphatic carbocycles. The average Bonchev–Trinajstić information content (AvgIpc) is 3.28. The molecule has 0 aromatic rings. The van der Waals surface area contributed by atoms with Crippen molar-refractivity contribution in [2.24, 2.45) is 37.9 Å². The lowest BCUT2D eigenvalue weighted by atomic mass is 9.72. The minimum Gasteiger partial charge on any atom is -0.378 e. The van der Waals surface area contributed by atoms with Gasteiger partial charge in [0.25, 0.3) is 5.92 Å². The van der Waals surface area contributed by atoms with E-state index in [9.17, 15) is 35.1 Å². The van der Waals surface area contributed by atoms with E-state index in [0.717, 1.165) is 71.1 Å². The van der Waals surface area contributed by atoms with Crippen molar-refractivity contribution in [3.63, 3.8) is 0 Å². The van der Waals surface area contributed by atoms with Crippen molar-refractivity contribution in [3.05, 3.63) is 0 Å². The first-order valence-corrected chi connectivity index (χ1v) is 28.7. The first-order valence-electron chi connectivity index (χ1n) is 28.7. The molecule has 2 unspecified atom stereocenters. The highest BCUT2D eigenvalue weighted by Crippen LogP contribution is 2.42. The lowest BCUT2D eigenvalue weighted by molar-refractivity contribution is -0.0946. The standard InChI is InChI=1S/2C11H23F.C11H24.C10H20F2O.C10H20F2.C9H18F2.CH4/c2*1-6-10(4,7-2)9-11(5,12)8-3;1-7-11(6,8-2)9-10(3,4)5;1-5-9(3,6-2)7-10(11,12)8-13-4;1-5-9(4,6-2)8-10(11,12)7-3;1-5-8(3,6-2)7-9(4,10)11;/h2*6-9H2,1-5H3;7-9H2,1-6H3;5-8H2,1-4H3;5-8H2,1-4H3;5-7H2,1-4H3;1H4. The third kappa shape index (κ3) is 45.6. The van der Waals surface area contributed by atoms with Crippen LogP contribution < -0.4 is 0 Å². The SMILES string of the molecule is C.CCC(C)(CC)CC(C)(C)C.CCC(C)(CC)CC(C)(F)F.CCC(C)(CC)CC(F)(F)COC.CCC(C)(F)CC(C)(CC)CC.CCC(C)(F)CC(C)(CC)CC.CCC(F)(F)CC(C)(CC)CC. The minimum atomic E-state index is -2.68. The summed E-state index contributed by atoms with van der Waals surface area (Å²) < 4.78 is 109. The molecule has 0 spiro atoms. The predicted octanol–water partition coefficient (Wildman–Crippen LogP) is 25.2. The second-order valence-electron chi connectivity index (χ2n) is 25.8. The van der Waals surface area contributed by atoms with Gasteiger partial charge in [0.05, 0.1) is 0 Å². The van der Waals surface area contributed by atoms with Gasteiger partial charge in [-0.15, -0.1) is 0 Å². The Balaban J connectivity index is -0.000000141. The van der Waals surface area contributed by atoms with Gasteiger partial charge in [0.2, 0.25) is 11.8 Å². The Hall–Kier alpha value is -0.600. The molecule has 0 aliphatic heterocycles. The van der Waals surface area contributed by atoms with Crippen LogP contribution in [0.15, 0.2) is 0 Å². The Morgan fingerprint density at radius 3 is 0.625 bits per heavy atom. The maximum absolute atomic E-state index is 13.7. The first kappa shape index (κ1) is 85.3. The van der Waals surface area contributed by atoms with E-state index in [2.05, 4.69) is 87.8 Å². The van der Waals surface area contributed by atoms with Crippen LogP contribution in [0.25, 0.3) is 0 Å². The van der Waals surface area contributed by atoms with Gasteiger partial charge in [-0.25, -0.2) is 35.1 Å². The van der Waals surface area contributed by atoms with E-state index in [4.69, 9.17) is 0 Å². The summed E-state index contributed by atoms with van der Waals surface area (Å²) in [6.45, 7) is 53.9. The van der Waals surface area contributed by atoms with E-state index in [1.165, 1.54) is 26.4 Å². The molecule has 0 aromatic carbocycles. The van der Waals surface area contributed by atoms with Crippen molar-refractivity contribution in [3.8, 4) is 0 Å². The normalized spacial score (nSPS) is 14.7. The van der Waals surface area contributed by atoms with Crippen LogP contribution in [-0.2, 0) is 4.74 Å². The summed E-state index contributed by atoms with van der Waals surface area (Å²) >= 11 is 0. The fourth-order valence-corrected chi connectivity index (χ4v) is 8.70. The summed E-state index contributed by atoms with van der Waals surface area (Å²) in [6.07, 6.45) is 15.7. The summed E-state index contributed by atoms with van der Waals surface area (Å²) in [5.74, 6) is -7.67. The largest absolute Gasteiger partial charge is 0.378 e. The summed E-state index contributed by atoms with van der Waals surface area (Å²) in [5.41, 5.74) is -1.13. The van der Waals surface area contributed by atoms with Crippen molar-refractivity contribution >= 4 is 0 Å². The fourth-order valence-electron chi connectivity index (χ4n) is 8.70. The number of methoxy groups -OCH3 is 1. The third-order valence-corrected chi connectivity index (χ3v) is 17.2. The van der Waals surface area contributed by atoms with Crippen LogP contribution in [0.2, 0.25) is 0 Å². The molecule has 0 radical (unpaired) electrons. The molecule has 0 N–H and O–H groups in total. The van der Waals surface area contributed by atoms with Crippen LogP contribution in [0, 0.1) is 37.9 Å². The molecule has 0 fully saturated rings. The van der Waals surface area contributed by atoms with Crippen molar-refractivity contribution in [2.75, 3.05) is 13.7 Å². The van der Waals surface area contributed by atoms with E-state index in [0.29, 0.717) is 36.5 Å². The third-order valence-electron chi connectivity index (χ3n) is 17.2. The van der Waals surface area contributed by atoms with Gasteiger partial charge in [0.15, 0.2) is 0 Å². The Kier molecular flexibility index (Phi) is 45.1. The van der Waals surface area contributed by atoms with Crippen molar-refractivity contribution in [1.29, 1.82) is 0 Å². The second kappa shape index (κ2) is 38.0. The molecule has 0 aromatic heterocycles. The molecule has 0 aliphatic rings. The van der Waals surface area contributed by atoms with Crippen LogP contribution in [0.1, 0.15) is 329 Å². The monoisotopic (exact) mass is 1060 g/mol. The zero-order chi connectivity index (χ0) is 58.3. The van der Waals surface area contributed by atoms with E-state index in [1.54, 1.807) is 20.8 Å². The molecular weight excluding hydrogens is 925 g/mol. The van der Waals surface area contributed by atoms with Gasteiger partial charge in [0, 0.05) is 32.8 Å². The quantitative estimate of drug-likeness (QED) is 0.0710. The van der Waals surface area contributed by atoms with Crippen molar-refractivity contribution in [2.45, 2.75) is 358 Å². The van der Waals surface area contributed by atoms with Gasteiger partial charge in [-0.05, 0) is 90.8 Å². The molecule has 0 saturated heterocycles. The summed E-state index contributed by atoms with van der Waals surface area (Å²) in [5, 5.41) is 0. The zero-order valence-corrected chi connectivity index (χ0v) is 53.0. The first-order chi connectivity index (χ1) is 31.7. The second-order valence-corrected chi connectivity index (χ2v) is 25.8. The van der Waals surface area contributed by atoms with E-state index in [-0.39, 0.29) is 60.2 Å². The Morgan fingerprint density at radius 1 is 0.264 bits per heavy atom. The van der Waals surface area contributed by atoms with E-state index in [1.807, 2.05) is 76.2 Å².